The molecule has 0 aliphatic heterocycles. The number of rotatable bonds is 5. The Balaban J connectivity index is 1.99. The number of aliphatic carboxylic acids is 1. The second-order valence-electron chi connectivity index (χ2n) is 5.38. The number of carbonyl (C=O) groups is 2. The normalized spacial score (nSPS) is 26.1. The zero-order chi connectivity index (χ0) is 14.6. The zero-order valence-corrected chi connectivity index (χ0v) is 11.6. The highest BCUT2D eigenvalue weighted by Gasteiger charge is 2.42. The van der Waals surface area contributed by atoms with Crippen LogP contribution < -0.4 is 5.32 Å². The lowest BCUT2D eigenvalue weighted by molar-refractivity contribution is -0.149. The van der Waals surface area contributed by atoms with Crippen LogP contribution in [0.15, 0.2) is 12.7 Å². The second-order valence-corrected chi connectivity index (χ2v) is 5.38. The molecule has 1 aliphatic carbocycles. The summed E-state index contributed by atoms with van der Waals surface area (Å²) in [4.78, 5) is 27.3. The van der Waals surface area contributed by atoms with Crippen molar-refractivity contribution >= 4 is 11.9 Å². The Bertz CT molecular complexity index is 464. The van der Waals surface area contributed by atoms with E-state index in [-0.39, 0.29) is 12.5 Å². The first-order chi connectivity index (χ1) is 9.55. The van der Waals surface area contributed by atoms with Crippen LogP contribution in [0.5, 0.6) is 0 Å². The summed E-state index contributed by atoms with van der Waals surface area (Å²) in [6, 6.07) is 0. The fourth-order valence-electron chi connectivity index (χ4n) is 2.74. The van der Waals surface area contributed by atoms with Crippen molar-refractivity contribution in [3.05, 3.63) is 12.7 Å². The van der Waals surface area contributed by atoms with Crippen molar-refractivity contribution in [1.29, 1.82) is 0 Å². The molecule has 1 saturated carbocycles. The van der Waals surface area contributed by atoms with E-state index in [0.29, 0.717) is 18.8 Å². The number of carbonyl (C=O) groups excluding carboxylic acids is 1. The van der Waals surface area contributed by atoms with Gasteiger partial charge in [-0.2, -0.15) is 5.10 Å². The molecule has 7 nitrogen and oxygen atoms in total. The molecule has 110 valence electrons. The fourth-order valence-corrected chi connectivity index (χ4v) is 2.74. The lowest BCUT2D eigenvalue weighted by atomic mass is 9.75. The average Bonchev–Trinajstić information content (AvgIpc) is 2.92. The van der Waals surface area contributed by atoms with Crippen LogP contribution in [0.25, 0.3) is 0 Å². The van der Waals surface area contributed by atoms with Crippen LogP contribution >= 0.6 is 0 Å². The van der Waals surface area contributed by atoms with Crippen LogP contribution in [0.4, 0.5) is 0 Å². The van der Waals surface area contributed by atoms with Gasteiger partial charge in [0, 0.05) is 0 Å². The maximum absolute atomic E-state index is 12.0. The number of aromatic nitrogens is 3. The Kier molecular flexibility index (Phi) is 4.36. The van der Waals surface area contributed by atoms with Crippen LogP contribution in [0.2, 0.25) is 0 Å². The van der Waals surface area contributed by atoms with Crippen molar-refractivity contribution < 1.29 is 14.7 Å². The number of carboxylic acids is 1. The van der Waals surface area contributed by atoms with Crippen molar-refractivity contribution in [1.82, 2.24) is 20.1 Å². The summed E-state index contributed by atoms with van der Waals surface area (Å²) in [6.07, 6.45) is 6.49. The number of hydrogen-bond donors (Lipinski definition) is 2. The molecule has 1 heterocycles. The molecule has 0 aromatic carbocycles. The minimum absolute atomic E-state index is 0.00770. The molecule has 0 radical (unpaired) electrons. The van der Waals surface area contributed by atoms with Crippen molar-refractivity contribution in [2.75, 3.05) is 0 Å². The van der Waals surface area contributed by atoms with E-state index >= 15 is 0 Å². The Labute approximate surface area is 117 Å². The van der Waals surface area contributed by atoms with Gasteiger partial charge in [0.15, 0.2) is 0 Å². The van der Waals surface area contributed by atoms with Gasteiger partial charge >= 0.3 is 5.97 Å². The first-order valence-corrected chi connectivity index (χ1v) is 6.92. The SMILES string of the molecule is CCC1CCC(NC(=O)Cn2cncn2)(C(=O)O)CC1. The molecule has 1 aliphatic rings. The Morgan fingerprint density at radius 3 is 2.65 bits per heavy atom. The summed E-state index contributed by atoms with van der Waals surface area (Å²) in [7, 11) is 0. The second kappa shape index (κ2) is 6.02. The maximum atomic E-state index is 12.0. The molecule has 1 amide bonds. The van der Waals surface area contributed by atoms with Crippen molar-refractivity contribution in [2.45, 2.75) is 51.1 Å². The fraction of sp³-hybridized carbons (Fsp3) is 0.692. The molecule has 7 heteroatoms. The quantitative estimate of drug-likeness (QED) is 0.832. The van der Waals surface area contributed by atoms with E-state index in [0.717, 1.165) is 19.3 Å². The van der Waals surface area contributed by atoms with Crippen LogP contribution in [-0.4, -0.2) is 37.3 Å². The standard InChI is InChI=1S/C13H20N4O3/c1-2-10-3-5-13(6-4-10,12(19)20)16-11(18)7-17-9-14-8-15-17/h8-10H,2-7H2,1H3,(H,16,18)(H,19,20). The van der Waals surface area contributed by atoms with Gasteiger partial charge in [0.1, 0.15) is 24.7 Å². The summed E-state index contributed by atoms with van der Waals surface area (Å²) in [6.45, 7) is 2.11. The van der Waals surface area contributed by atoms with E-state index in [2.05, 4.69) is 22.3 Å². The summed E-state index contributed by atoms with van der Waals surface area (Å²) in [5, 5.41) is 16.0. The molecule has 1 aromatic heterocycles. The van der Waals surface area contributed by atoms with Gasteiger partial charge in [0.2, 0.25) is 5.91 Å². The third kappa shape index (κ3) is 3.15. The van der Waals surface area contributed by atoms with Crippen LogP contribution in [0.3, 0.4) is 0 Å². The molecule has 20 heavy (non-hydrogen) atoms. The maximum Gasteiger partial charge on any atom is 0.329 e. The first-order valence-electron chi connectivity index (χ1n) is 6.92. The van der Waals surface area contributed by atoms with E-state index in [1.807, 2.05) is 0 Å². The van der Waals surface area contributed by atoms with Gasteiger partial charge in [-0.05, 0) is 31.6 Å². The molecule has 0 spiro atoms. The van der Waals surface area contributed by atoms with Crippen LogP contribution in [0.1, 0.15) is 39.0 Å². The highest BCUT2D eigenvalue weighted by atomic mass is 16.4. The molecular weight excluding hydrogens is 260 g/mol. The Morgan fingerprint density at radius 2 is 2.15 bits per heavy atom. The van der Waals surface area contributed by atoms with Gasteiger partial charge in [0.25, 0.3) is 0 Å². The molecule has 2 rings (SSSR count). The topological polar surface area (TPSA) is 97.1 Å². The molecular formula is C13H20N4O3. The molecule has 1 fully saturated rings. The van der Waals surface area contributed by atoms with Gasteiger partial charge in [-0.25, -0.2) is 14.5 Å². The van der Waals surface area contributed by atoms with Gasteiger partial charge in [0.05, 0.1) is 0 Å². The largest absolute Gasteiger partial charge is 0.480 e. The summed E-state index contributed by atoms with van der Waals surface area (Å²) >= 11 is 0. The predicted molar refractivity (Wildman–Crippen MR) is 70.8 cm³/mol. The third-order valence-corrected chi connectivity index (χ3v) is 4.10. The Hall–Kier alpha value is -1.92. The molecule has 1 aromatic rings. The number of amides is 1. The number of nitrogens with zero attached hydrogens (tertiary/aromatic N) is 3. The lowest BCUT2D eigenvalue weighted by Gasteiger charge is -2.37. The van der Waals surface area contributed by atoms with E-state index in [4.69, 9.17) is 0 Å². The van der Waals surface area contributed by atoms with E-state index in [1.54, 1.807) is 0 Å². The average molecular weight is 280 g/mol. The Morgan fingerprint density at radius 1 is 1.45 bits per heavy atom. The van der Waals surface area contributed by atoms with Crippen molar-refractivity contribution in [3.8, 4) is 0 Å². The minimum Gasteiger partial charge on any atom is -0.480 e. The van der Waals surface area contributed by atoms with E-state index < -0.39 is 11.5 Å². The van der Waals surface area contributed by atoms with Crippen LogP contribution in [0, 0.1) is 5.92 Å². The zero-order valence-electron chi connectivity index (χ0n) is 11.6. The molecule has 0 bridgehead atoms. The smallest absolute Gasteiger partial charge is 0.329 e. The van der Waals surface area contributed by atoms with Gasteiger partial charge < -0.3 is 10.4 Å². The highest BCUT2D eigenvalue weighted by Crippen LogP contribution is 2.34. The molecule has 0 saturated heterocycles. The number of hydrogen-bond acceptors (Lipinski definition) is 4. The molecule has 2 N–H and O–H groups in total. The van der Waals surface area contributed by atoms with Crippen LogP contribution in [-0.2, 0) is 16.1 Å². The van der Waals surface area contributed by atoms with Gasteiger partial charge in [-0.15, -0.1) is 0 Å². The predicted octanol–water partition coefficient (Wildman–Crippen LogP) is 0.818. The highest BCUT2D eigenvalue weighted by molar-refractivity contribution is 5.87. The number of nitrogens with one attached hydrogen (secondary N) is 1. The monoisotopic (exact) mass is 280 g/mol. The van der Waals surface area contributed by atoms with Crippen molar-refractivity contribution in [3.63, 3.8) is 0 Å². The lowest BCUT2D eigenvalue weighted by Crippen LogP contribution is -2.57. The summed E-state index contributed by atoms with van der Waals surface area (Å²) in [5.41, 5.74) is -1.12. The van der Waals surface area contributed by atoms with Crippen molar-refractivity contribution in [2.24, 2.45) is 5.92 Å². The minimum atomic E-state index is -1.12. The molecule has 0 atom stereocenters. The summed E-state index contributed by atoms with van der Waals surface area (Å²) in [5.74, 6) is -0.721. The number of carboxylic acid groups (broad SMARTS) is 1. The van der Waals surface area contributed by atoms with Gasteiger partial charge in [-0.3, -0.25) is 4.79 Å². The third-order valence-electron chi connectivity index (χ3n) is 4.10. The van der Waals surface area contributed by atoms with Gasteiger partial charge in [-0.1, -0.05) is 13.3 Å². The summed E-state index contributed by atoms with van der Waals surface area (Å²) < 4.78 is 1.38. The molecule has 0 unspecified atom stereocenters. The van der Waals surface area contributed by atoms with E-state index in [9.17, 15) is 14.7 Å². The van der Waals surface area contributed by atoms with E-state index in [1.165, 1.54) is 17.3 Å². The first kappa shape index (κ1) is 14.5.